The molecule has 0 atom stereocenters. The summed E-state index contributed by atoms with van der Waals surface area (Å²) in [7, 11) is 1.56. The smallest absolute Gasteiger partial charge is 0.259 e. The maximum Gasteiger partial charge on any atom is 0.259 e. The maximum absolute atomic E-state index is 12.6. The lowest BCUT2D eigenvalue weighted by atomic mass is 10.0. The van der Waals surface area contributed by atoms with Crippen LogP contribution in [0.1, 0.15) is 10.4 Å². The van der Waals surface area contributed by atoms with Gasteiger partial charge in [0.25, 0.3) is 5.91 Å². The van der Waals surface area contributed by atoms with Crippen molar-refractivity contribution in [2.75, 3.05) is 12.4 Å². The van der Waals surface area contributed by atoms with Gasteiger partial charge in [-0.1, -0.05) is 30.3 Å². The highest BCUT2D eigenvalue weighted by Gasteiger charge is 2.15. The fourth-order valence-electron chi connectivity index (χ4n) is 2.50. The van der Waals surface area contributed by atoms with E-state index in [1.54, 1.807) is 37.4 Å². The Balaban J connectivity index is 1.90. The maximum atomic E-state index is 12.6. The Labute approximate surface area is 144 Å². The lowest BCUT2D eigenvalue weighted by Gasteiger charge is -2.12. The third-order valence-electron chi connectivity index (χ3n) is 3.60. The number of methoxy groups -OCH3 is 1. The van der Waals surface area contributed by atoms with Crippen LogP contribution >= 0.6 is 11.8 Å². The predicted molar refractivity (Wildman–Crippen MR) is 96.4 cm³/mol. The summed E-state index contributed by atoms with van der Waals surface area (Å²) < 4.78 is 5.47. The van der Waals surface area contributed by atoms with Crippen molar-refractivity contribution in [1.82, 2.24) is 0 Å². The number of nitriles is 1. The van der Waals surface area contributed by atoms with Crippen LogP contribution in [0.15, 0.2) is 65.6 Å². The van der Waals surface area contributed by atoms with Gasteiger partial charge in [-0.05, 0) is 47.5 Å². The number of amides is 1. The van der Waals surface area contributed by atoms with Gasteiger partial charge < -0.3 is 10.1 Å². The molecule has 1 amide bonds. The van der Waals surface area contributed by atoms with Crippen molar-refractivity contribution in [2.45, 2.75) is 4.90 Å². The SMILES string of the molecule is COc1c(C(=O)Nc2ccc(SC#N)cc2)ccc2ccccc12. The highest BCUT2D eigenvalue weighted by Crippen LogP contribution is 2.30. The van der Waals surface area contributed by atoms with Gasteiger partial charge in [0.1, 0.15) is 11.2 Å². The number of rotatable bonds is 4. The molecule has 0 aliphatic heterocycles. The van der Waals surface area contributed by atoms with E-state index < -0.39 is 0 Å². The van der Waals surface area contributed by atoms with Gasteiger partial charge in [-0.2, -0.15) is 5.26 Å². The highest BCUT2D eigenvalue weighted by atomic mass is 32.2. The van der Waals surface area contributed by atoms with Gasteiger partial charge in [-0.3, -0.25) is 4.79 Å². The third kappa shape index (κ3) is 3.19. The van der Waals surface area contributed by atoms with Crippen LogP contribution in [0, 0.1) is 10.7 Å². The van der Waals surface area contributed by atoms with Crippen molar-refractivity contribution in [2.24, 2.45) is 0 Å². The van der Waals surface area contributed by atoms with E-state index in [1.165, 1.54) is 0 Å². The first kappa shape index (κ1) is 15.9. The number of hydrogen-bond acceptors (Lipinski definition) is 4. The molecule has 0 fully saturated rings. The molecule has 0 saturated carbocycles. The van der Waals surface area contributed by atoms with Crippen molar-refractivity contribution < 1.29 is 9.53 Å². The normalized spacial score (nSPS) is 10.2. The minimum Gasteiger partial charge on any atom is -0.495 e. The molecule has 0 radical (unpaired) electrons. The van der Waals surface area contributed by atoms with E-state index in [0.29, 0.717) is 17.0 Å². The number of thiocyanates is 1. The largest absolute Gasteiger partial charge is 0.495 e. The number of fused-ring (bicyclic) bond motifs is 1. The van der Waals surface area contributed by atoms with Gasteiger partial charge in [0, 0.05) is 16.0 Å². The first-order chi connectivity index (χ1) is 11.7. The molecule has 3 rings (SSSR count). The van der Waals surface area contributed by atoms with Gasteiger partial charge >= 0.3 is 0 Å². The zero-order chi connectivity index (χ0) is 16.9. The Bertz CT molecular complexity index is 930. The monoisotopic (exact) mass is 334 g/mol. The summed E-state index contributed by atoms with van der Waals surface area (Å²) in [5.41, 5.74) is 1.14. The summed E-state index contributed by atoms with van der Waals surface area (Å²) >= 11 is 1.08. The summed E-state index contributed by atoms with van der Waals surface area (Å²) in [4.78, 5) is 13.4. The number of hydrogen-bond donors (Lipinski definition) is 1. The van der Waals surface area contributed by atoms with Gasteiger partial charge in [-0.15, -0.1) is 0 Å². The molecule has 0 aliphatic rings. The van der Waals surface area contributed by atoms with Crippen LogP contribution < -0.4 is 10.1 Å². The Hall–Kier alpha value is -2.97. The van der Waals surface area contributed by atoms with Gasteiger partial charge in [0.15, 0.2) is 0 Å². The first-order valence-corrected chi connectivity index (χ1v) is 8.07. The fourth-order valence-corrected chi connectivity index (χ4v) is 2.88. The van der Waals surface area contributed by atoms with Crippen LogP contribution in [0.5, 0.6) is 5.75 Å². The number of carbonyl (C=O) groups excluding carboxylic acids is 1. The highest BCUT2D eigenvalue weighted by molar-refractivity contribution is 8.03. The third-order valence-corrected chi connectivity index (χ3v) is 4.20. The molecule has 3 aromatic rings. The number of carbonyl (C=O) groups is 1. The lowest BCUT2D eigenvalue weighted by molar-refractivity contribution is 0.102. The molecule has 3 aromatic carbocycles. The number of thioether (sulfide) groups is 1. The average molecular weight is 334 g/mol. The molecular weight excluding hydrogens is 320 g/mol. The van der Waals surface area contributed by atoms with Crippen LogP contribution in [0.25, 0.3) is 10.8 Å². The number of anilines is 1. The van der Waals surface area contributed by atoms with Gasteiger partial charge in [0.05, 0.1) is 12.7 Å². The van der Waals surface area contributed by atoms with Crippen LogP contribution in [-0.4, -0.2) is 13.0 Å². The van der Waals surface area contributed by atoms with Crippen LogP contribution in [0.2, 0.25) is 0 Å². The number of nitrogens with zero attached hydrogens (tertiary/aromatic N) is 1. The molecule has 0 saturated heterocycles. The summed E-state index contributed by atoms with van der Waals surface area (Å²) in [6.45, 7) is 0. The summed E-state index contributed by atoms with van der Waals surface area (Å²) in [6.07, 6.45) is 0. The second-order valence-corrected chi connectivity index (χ2v) is 5.90. The average Bonchev–Trinajstić information content (AvgIpc) is 2.62. The molecule has 0 spiro atoms. The molecule has 0 aromatic heterocycles. The number of ether oxygens (including phenoxy) is 1. The molecule has 4 nitrogen and oxygen atoms in total. The van der Waals surface area contributed by atoms with Crippen LogP contribution in [-0.2, 0) is 0 Å². The van der Waals surface area contributed by atoms with E-state index >= 15 is 0 Å². The Morgan fingerprint density at radius 3 is 2.54 bits per heavy atom. The minimum atomic E-state index is -0.238. The molecule has 1 N–H and O–H groups in total. The minimum absolute atomic E-state index is 0.238. The topological polar surface area (TPSA) is 62.1 Å². The lowest BCUT2D eigenvalue weighted by Crippen LogP contribution is -2.13. The van der Waals surface area contributed by atoms with Crippen molar-refractivity contribution in [3.05, 3.63) is 66.2 Å². The van der Waals surface area contributed by atoms with Crippen molar-refractivity contribution in [1.29, 1.82) is 5.26 Å². The van der Waals surface area contributed by atoms with Crippen molar-refractivity contribution in [3.63, 3.8) is 0 Å². The molecular formula is C19H14N2O2S. The molecule has 5 heteroatoms. The molecule has 118 valence electrons. The van der Waals surface area contributed by atoms with E-state index in [0.717, 1.165) is 27.4 Å². The number of nitrogens with one attached hydrogen (secondary N) is 1. The van der Waals surface area contributed by atoms with Gasteiger partial charge in [-0.25, -0.2) is 0 Å². The van der Waals surface area contributed by atoms with Crippen molar-refractivity contribution >= 4 is 34.1 Å². The van der Waals surface area contributed by atoms with Crippen LogP contribution in [0.4, 0.5) is 5.69 Å². The molecule has 24 heavy (non-hydrogen) atoms. The second kappa shape index (κ2) is 7.07. The van der Waals surface area contributed by atoms with E-state index in [1.807, 2.05) is 35.7 Å². The van der Waals surface area contributed by atoms with E-state index in [9.17, 15) is 4.79 Å². The van der Waals surface area contributed by atoms with Crippen LogP contribution in [0.3, 0.4) is 0 Å². The van der Waals surface area contributed by atoms with E-state index in [2.05, 4.69) is 5.32 Å². The first-order valence-electron chi connectivity index (χ1n) is 7.26. The molecule has 0 unspecified atom stereocenters. The Kier molecular flexibility index (Phi) is 4.69. The van der Waals surface area contributed by atoms with E-state index in [-0.39, 0.29) is 5.91 Å². The summed E-state index contributed by atoms with van der Waals surface area (Å²) in [6, 6.07) is 18.6. The zero-order valence-electron chi connectivity index (χ0n) is 12.9. The number of benzene rings is 3. The fraction of sp³-hybridized carbons (Fsp3) is 0.0526. The molecule has 0 heterocycles. The van der Waals surface area contributed by atoms with Crippen molar-refractivity contribution in [3.8, 4) is 11.2 Å². The molecule has 0 aliphatic carbocycles. The van der Waals surface area contributed by atoms with Gasteiger partial charge in [0.2, 0.25) is 0 Å². The summed E-state index contributed by atoms with van der Waals surface area (Å²) in [5.74, 6) is 0.320. The Morgan fingerprint density at radius 1 is 1.08 bits per heavy atom. The molecule has 0 bridgehead atoms. The quantitative estimate of drug-likeness (QED) is 0.556. The standard InChI is InChI=1S/C19H14N2O2S/c1-23-18-16-5-3-2-4-13(16)6-11-17(18)19(22)21-14-7-9-15(10-8-14)24-12-20/h2-11H,1H3,(H,21,22). The second-order valence-electron chi connectivity index (χ2n) is 5.04. The van der Waals surface area contributed by atoms with E-state index in [4.69, 9.17) is 10.00 Å². The zero-order valence-corrected chi connectivity index (χ0v) is 13.8. The predicted octanol–water partition coefficient (Wildman–Crippen LogP) is 4.67. The Morgan fingerprint density at radius 2 is 1.83 bits per heavy atom. The summed E-state index contributed by atoms with van der Waals surface area (Å²) in [5, 5.41) is 15.4.